The molecule has 3 rings (SSSR count). The first kappa shape index (κ1) is 20.2. The number of hydrogen-bond donors (Lipinski definition) is 0. The monoisotopic (exact) mass is 397 g/mol. The first-order valence-corrected chi connectivity index (χ1v) is 10.1. The van der Waals surface area contributed by atoms with Gasteiger partial charge in [0.1, 0.15) is 0 Å². The third-order valence-electron chi connectivity index (χ3n) is 4.87. The van der Waals surface area contributed by atoms with Gasteiger partial charge in [-0.1, -0.05) is 18.5 Å². The highest BCUT2D eigenvalue weighted by Crippen LogP contribution is 2.37. The lowest BCUT2D eigenvalue weighted by Gasteiger charge is -2.34. The summed E-state index contributed by atoms with van der Waals surface area (Å²) in [5, 5.41) is 0.403. The molecule has 150 valence electrons. The summed E-state index contributed by atoms with van der Waals surface area (Å²) in [6.45, 7) is 7.63. The number of piperidine rings is 1. The number of benzene rings is 1. The molecule has 0 atom stereocenters. The summed E-state index contributed by atoms with van der Waals surface area (Å²) < 4.78 is 22.6. The molecule has 7 heteroatoms. The molecular formula is C20H28ClNO5. The third-order valence-corrected chi connectivity index (χ3v) is 5.15. The van der Waals surface area contributed by atoms with Crippen LogP contribution in [-0.4, -0.2) is 56.6 Å². The van der Waals surface area contributed by atoms with Gasteiger partial charge in [-0.25, -0.2) is 0 Å². The van der Waals surface area contributed by atoms with E-state index in [1.165, 1.54) is 0 Å². The van der Waals surface area contributed by atoms with Gasteiger partial charge in [-0.15, -0.1) is 0 Å². The number of rotatable bonds is 7. The lowest BCUT2D eigenvalue weighted by molar-refractivity contribution is -0.0956. The Balaban J connectivity index is 1.68. The molecule has 0 radical (unpaired) electrons. The Morgan fingerprint density at radius 1 is 1.19 bits per heavy atom. The van der Waals surface area contributed by atoms with E-state index in [2.05, 4.69) is 0 Å². The maximum Gasteiger partial charge on any atom is 0.254 e. The second kappa shape index (κ2) is 9.62. The second-order valence-electron chi connectivity index (χ2n) is 6.81. The molecule has 27 heavy (non-hydrogen) atoms. The van der Waals surface area contributed by atoms with Gasteiger partial charge in [0, 0.05) is 24.6 Å². The highest BCUT2D eigenvalue weighted by Gasteiger charge is 2.32. The summed E-state index contributed by atoms with van der Waals surface area (Å²) in [7, 11) is 0. The predicted octanol–water partition coefficient (Wildman–Crippen LogP) is 3.75. The van der Waals surface area contributed by atoms with Crippen LogP contribution >= 0.6 is 11.6 Å². The van der Waals surface area contributed by atoms with Crippen molar-refractivity contribution >= 4 is 17.5 Å². The van der Waals surface area contributed by atoms with Gasteiger partial charge in [-0.3, -0.25) is 4.79 Å². The van der Waals surface area contributed by atoms with Gasteiger partial charge >= 0.3 is 0 Å². The van der Waals surface area contributed by atoms with Crippen LogP contribution in [0.2, 0.25) is 5.02 Å². The minimum absolute atomic E-state index is 0.0356. The van der Waals surface area contributed by atoms with Crippen molar-refractivity contribution in [3.63, 3.8) is 0 Å². The van der Waals surface area contributed by atoms with Crippen LogP contribution in [0.5, 0.6) is 11.5 Å². The van der Waals surface area contributed by atoms with E-state index in [0.29, 0.717) is 67.5 Å². The van der Waals surface area contributed by atoms with E-state index < -0.39 is 0 Å². The molecule has 2 fully saturated rings. The maximum absolute atomic E-state index is 13.0. The third kappa shape index (κ3) is 4.86. The van der Waals surface area contributed by atoms with Crippen molar-refractivity contribution in [1.82, 2.24) is 4.90 Å². The van der Waals surface area contributed by atoms with Gasteiger partial charge < -0.3 is 23.8 Å². The van der Waals surface area contributed by atoms with Crippen molar-refractivity contribution < 1.29 is 23.7 Å². The van der Waals surface area contributed by atoms with Crippen LogP contribution in [0.3, 0.4) is 0 Å². The first-order valence-electron chi connectivity index (χ1n) is 9.75. The number of nitrogens with zero attached hydrogens (tertiary/aromatic N) is 1. The minimum atomic E-state index is -0.115. The summed E-state index contributed by atoms with van der Waals surface area (Å²) in [4.78, 5) is 14.8. The smallest absolute Gasteiger partial charge is 0.254 e. The molecular weight excluding hydrogens is 370 g/mol. The lowest BCUT2D eigenvalue weighted by atomic mass is 9.95. The van der Waals surface area contributed by atoms with Crippen molar-refractivity contribution in [3.8, 4) is 11.5 Å². The van der Waals surface area contributed by atoms with Gasteiger partial charge in [0.2, 0.25) is 0 Å². The quantitative estimate of drug-likeness (QED) is 0.701. The molecule has 2 saturated heterocycles. The normalized spacial score (nSPS) is 18.7. The molecule has 0 aromatic heterocycles. The maximum atomic E-state index is 13.0. The van der Waals surface area contributed by atoms with Crippen LogP contribution in [0.4, 0.5) is 0 Å². The molecule has 0 bridgehead atoms. The summed E-state index contributed by atoms with van der Waals surface area (Å²) >= 11 is 6.39. The Morgan fingerprint density at radius 3 is 2.52 bits per heavy atom. The van der Waals surface area contributed by atoms with Crippen LogP contribution < -0.4 is 9.47 Å². The predicted molar refractivity (Wildman–Crippen MR) is 103 cm³/mol. The Bertz CT molecular complexity index is 640. The van der Waals surface area contributed by atoms with E-state index in [4.69, 9.17) is 30.5 Å². The van der Waals surface area contributed by atoms with Gasteiger partial charge in [0.25, 0.3) is 5.91 Å². The fraction of sp³-hybridized carbons (Fsp3) is 0.650. The van der Waals surface area contributed by atoms with E-state index in [0.717, 1.165) is 19.3 Å². The Labute approximate surface area is 165 Å². The van der Waals surface area contributed by atoms with E-state index in [1.807, 2.05) is 18.7 Å². The van der Waals surface area contributed by atoms with Crippen LogP contribution in [0.15, 0.2) is 12.1 Å². The Kier molecular flexibility index (Phi) is 7.21. The van der Waals surface area contributed by atoms with E-state index in [9.17, 15) is 4.79 Å². The van der Waals surface area contributed by atoms with Gasteiger partial charge in [-0.05, 0) is 38.3 Å². The zero-order valence-corrected chi connectivity index (χ0v) is 16.8. The number of amides is 1. The van der Waals surface area contributed by atoms with Crippen molar-refractivity contribution in [1.29, 1.82) is 0 Å². The summed E-state index contributed by atoms with van der Waals surface area (Å²) in [5.41, 5.74) is 0.527. The summed E-state index contributed by atoms with van der Waals surface area (Å²) in [6, 6.07) is 3.41. The first-order chi connectivity index (χ1) is 13.1. The fourth-order valence-electron chi connectivity index (χ4n) is 3.50. The molecule has 2 aliphatic heterocycles. The molecule has 2 aliphatic rings. The molecule has 2 heterocycles. The van der Waals surface area contributed by atoms with Crippen molar-refractivity contribution in [2.75, 3.05) is 39.5 Å². The van der Waals surface area contributed by atoms with Crippen LogP contribution in [0, 0.1) is 5.92 Å². The number of carbonyl (C=O) groups excluding carboxylic acids is 1. The number of likely N-dealkylation sites (tertiary alicyclic amines) is 1. The molecule has 0 N–H and O–H groups in total. The van der Waals surface area contributed by atoms with Crippen LogP contribution in [0.25, 0.3) is 0 Å². The van der Waals surface area contributed by atoms with Gasteiger partial charge in [0.05, 0.1) is 31.5 Å². The van der Waals surface area contributed by atoms with Gasteiger partial charge in [-0.2, -0.15) is 0 Å². The van der Waals surface area contributed by atoms with Crippen molar-refractivity contribution in [3.05, 3.63) is 22.7 Å². The van der Waals surface area contributed by atoms with E-state index >= 15 is 0 Å². The molecule has 0 spiro atoms. The van der Waals surface area contributed by atoms with Crippen LogP contribution in [0.1, 0.15) is 43.5 Å². The molecule has 1 aromatic carbocycles. The highest BCUT2D eigenvalue weighted by molar-refractivity contribution is 6.32. The Morgan fingerprint density at radius 2 is 1.89 bits per heavy atom. The lowest BCUT2D eigenvalue weighted by Crippen LogP contribution is -2.41. The molecule has 1 aromatic rings. The number of halogens is 1. The molecule has 0 aliphatic carbocycles. The molecule has 0 unspecified atom stereocenters. The average molecular weight is 398 g/mol. The average Bonchev–Trinajstić information content (AvgIpc) is 3.22. The van der Waals surface area contributed by atoms with Crippen LogP contribution in [-0.2, 0) is 9.47 Å². The topological polar surface area (TPSA) is 57.2 Å². The molecule has 0 saturated carbocycles. The molecule has 6 nitrogen and oxygen atoms in total. The Hall–Kier alpha value is -1.50. The minimum Gasteiger partial charge on any atom is -0.490 e. The second-order valence-corrected chi connectivity index (χ2v) is 7.21. The van der Waals surface area contributed by atoms with Crippen molar-refractivity contribution in [2.45, 2.75) is 39.4 Å². The zero-order valence-electron chi connectivity index (χ0n) is 16.0. The van der Waals surface area contributed by atoms with E-state index in [1.54, 1.807) is 12.1 Å². The summed E-state index contributed by atoms with van der Waals surface area (Å²) in [6.07, 6.45) is 2.50. The zero-order chi connectivity index (χ0) is 19.2. The largest absolute Gasteiger partial charge is 0.490 e. The number of ether oxygens (including phenoxy) is 4. The summed E-state index contributed by atoms with van der Waals surface area (Å²) in [5.74, 6) is 1.34. The number of hydrogen-bond acceptors (Lipinski definition) is 5. The number of carbonyl (C=O) groups is 1. The fourth-order valence-corrected chi connectivity index (χ4v) is 3.77. The SMILES string of the molecule is CCCOc1c(Cl)cc(C(=O)N2CCC(C3OCCO3)CC2)cc1OCC. The highest BCUT2D eigenvalue weighted by atomic mass is 35.5. The molecule has 1 amide bonds. The van der Waals surface area contributed by atoms with E-state index in [-0.39, 0.29) is 12.2 Å². The standard InChI is InChI=1S/C20H28ClNO5/c1-3-9-25-18-16(21)12-15(13-17(18)24-4-2)19(23)22-7-5-14(6-8-22)20-26-10-11-27-20/h12-14,20H,3-11H2,1-2H3. The van der Waals surface area contributed by atoms with Crippen molar-refractivity contribution in [2.24, 2.45) is 5.92 Å². The van der Waals surface area contributed by atoms with Gasteiger partial charge in [0.15, 0.2) is 17.8 Å².